The van der Waals surface area contributed by atoms with Gasteiger partial charge in [0, 0.05) is 17.9 Å². The minimum Gasteiger partial charge on any atom is -0.339 e. The summed E-state index contributed by atoms with van der Waals surface area (Å²) in [7, 11) is 0. The molecule has 1 aromatic heterocycles. The molecule has 5 heteroatoms. The maximum Gasteiger partial charge on any atom is 0.232 e. The van der Waals surface area contributed by atoms with Gasteiger partial charge in [0.25, 0.3) is 0 Å². The Morgan fingerprint density at radius 2 is 2.20 bits per heavy atom. The lowest BCUT2D eigenvalue weighted by molar-refractivity contribution is 0.194. The van der Waals surface area contributed by atoms with Crippen molar-refractivity contribution in [2.75, 3.05) is 6.54 Å². The third-order valence-corrected chi connectivity index (χ3v) is 3.21. The minimum atomic E-state index is 0. The van der Waals surface area contributed by atoms with Crippen LogP contribution in [-0.2, 0) is 5.41 Å². The van der Waals surface area contributed by atoms with E-state index in [2.05, 4.69) is 17.1 Å². The zero-order valence-corrected chi connectivity index (χ0v) is 10.0. The van der Waals surface area contributed by atoms with Crippen molar-refractivity contribution in [2.45, 2.75) is 44.4 Å². The highest BCUT2D eigenvalue weighted by Crippen LogP contribution is 2.42. The van der Waals surface area contributed by atoms with Crippen molar-refractivity contribution in [3.05, 3.63) is 11.7 Å². The third kappa shape index (κ3) is 2.16. The maximum absolute atomic E-state index is 5.55. The van der Waals surface area contributed by atoms with Crippen LogP contribution >= 0.6 is 12.4 Å². The van der Waals surface area contributed by atoms with E-state index < -0.39 is 0 Å². The molecule has 0 spiro atoms. The lowest BCUT2D eigenvalue weighted by Crippen LogP contribution is -2.30. The molecule has 0 aromatic carbocycles. The molecule has 1 aliphatic rings. The average molecular weight is 232 g/mol. The molecule has 1 fully saturated rings. The summed E-state index contributed by atoms with van der Waals surface area (Å²) >= 11 is 0. The molecular formula is C10H18ClN3O. The van der Waals surface area contributed by atoms with E-state index in [0.717, 1.165) is 24.6 Å². The summed E-state index contributed by atoms with van der Waals surface area (Å²) in [5, 5.41) is 3.97. The number of aromatic nitrogens is 2. The monoisotopic (exact) mass is 231 g/mol. The molecule has 0 saturated heterocycles. The van der Waals surface area contributed by atoms with Crippen LogP contribution in [0.2, 0.25) is 0 Å². The number of rotatable bonds is 3. The number of nitrogens with two attached hydrogens (primary N) is 1. The highest BCUT2D eigenvalue weighted by atomic mass is 35.5. The van der Waals surface area contributed by atoms with E-state index in [-0.39, 0.29) is 23.7 Å². The largest absolute Gasteiger partial charge is 0.339 e. The molecule has 0 aliphatic heterocycles. The van der Waals surface area contributed by atoms with E-state index in [0.29, 0.717) is 6.54 Å². The lowest BCUT2D eigenvalue weighted by atomic mass is 9.70. The van der Waals surface area contributed by atoms with Crippen molar-refractivity contribution < 1.29 is 4.52 Å². The average Bonchev–Trinajstić information content (AvgIpc) is 2.62. The number of hydrogen-bond donors (Lipinski definition) is 1. The van der Waals surface area contributed by atoms with Crippen LogP contribution in [0.25, 0.3) is 0 Å². The first-order valence-corrected chi connectivity index (χ1v) is 5.20. The Morgan fingerprint density at radius 3 is 2.67 bits per heavy atom. The van der Waals surface area contributed by atoms with Gasteiger partial charge in [0.15, 0.2) is 5.82 Å². The molecule has 4 nitrogen and oxygen atoms in total. The smallest absolute Gasteiger partial charge is 0.232 e. The van der Waals surface area contributed by atoms with Gasteiger partial charge < -0.3 is 10.3 Å². The van der Waals surface area contributed by atoms with E-state index in [1.807, 2.05) is 6.92 Å². The summed E-state index contributed by atoms with van der Waals surface area (Å²) in [6, 6.07) is 0. The molecule has 2 rings (SSSR count). The van der Waals surface area contributed by atoms with Gasteiger partial charge in [0.1, 0.15) is 0 Å². The minimum absolute atomic E-state index is 0. The van der Waals surface area contributed by atoms with Gasteiger partial charge in [0.05, 0.1) is 0 Å². The third-order valence-electron chi connectivity index (χ3n) is 3.21. The van der Waals surface area contributed by atoms with Gasteiger partial charge in [-0.3, -0.25) is 0 Å². The van der Waals surface area contributed by atoms with Crippen LogP contribution < -0.4 is 5.73 Å². The summed E-state index contributed by atoms with van der Waals surface area (Å²) < 4.78 is 5.28. The fourth-order valence-electron chi connectivity index (χ4n) is 1.71. The van der Waals surface area contributed by atoms with Crippen LogP contribution in [0, 0.1) is 0 Å². The summed E-state index contributed by atoms with van der Waals surface area (Å²) in [5.41, 5.74) is 5.69. The Bertz CT molecular complexity index is 322. The molecule has 1 unspecified atom stereocenters. The fourth-order valence-corrected chi connectivity index (χ4v) is 1.71. The number of hydrogen-bond acceptors (Lipinski definition) is 4. The summed E-state index contributed by atoms with van der Waals surface area (Å²) in [4.78, 5) is 4.42. The molecule has 15 heavy (non-hydrogen) atoms. The second-order valence-electron chi connectivity index (χ2n) is 4.51. The van der Waals surface area contributed by atoms with Crippen LogP contribution in [0.5, 0.6) is 0 Å². The molecule has 2 N–H and O–H groups in total. The first-order valence-electron chi connectivity index (χ1n) is 5.20. The van der Waals surface area contributed by atoms with Crippen molar-refractivity contribution in [3.8, 4) is 0 Å². The van der Waals surface area contributed by atoms with Gasteiger partial charge in [-0.25, -0.2) is 0 Å². The lowest BCUT2D eigenvalue weighted by Gasteiger charge is -2.34. The molecule has 1 heterocycles. The number of halogens is 1. The van der Waals surface area contributed by atoms with Crippen LogP contribution in [0.3, 0.4) is 0 Å². The van der Waals surface area contributed by atoms with Gasteiger partial charge in [-0.05, 0) is 12.8 Å². The van der Waals surface area contributed by atoms with E-state index in [1.54, 1.807) is 0 Å². The number of nitrogens with zero attached hydrogens (tertiary/aromatic N) is 2. The molecule has 0 amide bonds. The van der Waals surface area contributed by atoms with E-state index in [4.69, 9.17) is 10.3 Å². The molecule has 1 atom stereocenters. The SMILES string of the molecule is CC(CN)c1noc(C2(C)CCC2)n1.Cl. The predicted molar refractivity (Wildman–Crippen MR) is 60.2 cm³/mol. The van der Waals surface area contributed by atoms with Crippen LogP contribution in [0.4, 0.5) is 0 Å². The first kappa shape index (κ1) is 12.5. The zero-order valence-electron chi connectivity index (χ0n) is 9.19. The van der Waals surface area contributed by atoms with Crippen molar-refractivity contribution in [3.63, 3.8) is 0 Å². The summed E-state index contributed by atoms with van der Waals surface area (Å²) in [5.74, 6) is 1.73. The molecular weight excluding hydrogens is 214 g/mol. The Morgan fingerprint density at radius 1 is 1.53 bits per heavy atom. The normalized spacial score (nSPS) is 20.2. The van der Waals surface area contributed by atoms with Crippen LogP contribution in [-0.4, -0.2) is 16.7 Å². The highest BCUT2D eigenvalue weighted by molar-refractivity contribution is 5.85. The quantitative estimate of drug-likeness (QED) is 0.864. The Hall–Kier alpha value is -0.610. The van der Waals surface area contributed by atoms with Crippen molar-refractivity contribution in [1.82, 2.24) is 10.1 Å². The second-order valence-corrected chi connectivity index (χ2v) is 4.51. The summed E-state index contributed by atoms with van der Waals surface area (Å²) in [6.07, 6.45) is 3.58. The molecule has 1 aromatic rings. The predicted octanol–water partition coefficient (Wildman–Crippen LogP) is 2.00. The molecule has 0 radical (unpaired) electrons. The van der Waals surface area contributed by atoms with E-state index >= 15 is 0 Å². The molecule has 86 valence electrons. The molecule has 1 aliphatic carbocycles. The van der Waals surface area contributed by atoms with Gasteiger partial charge in [-0.2, -0.15) is 4.98 Å². The van der Waals surface area contributed by atoms with E-state index in [9.17, 15) is 0 Å². The van der Waals surface area contributed by atoms with Gasteiger partial charge in [0.2, 0.25) is 5.89 Å². The first-order chi connectivity index (χ1) is 6.65. The van der Waals surface area contributed by atoms with Crippen molar-refractivity contribution in [1.29, 1.82) is 0 Å². The van der Waals surface area contributed by atoms with E-state index in [1.165, 1.54) is 6.42 Å². The fraction of sp³-hybridized carbons (Fsp3) is 0.800. The zero-order chi connectivity index (χ0) is 10.2. The molecule has 0 bridgehead atoms. The standard InChI is InChI=1S/C10H17N3O.ClH/c1-7(6-11)8-12-9(14-13-8)10(2)4-3-5-10;/h7H,3-6,11H2,1-2H3;1H. The second kappa shape index (κ2) is 4.49. The van der Waals surface area contributed by atoms with Crippen molar-refractivity contribution in [2.24, 2.45) is 5.73 Å². The van der Waals surface area contributed by atoms with Crippen molar-refractivity contribution >= 4 is 12.4 Å². The van der Waals surface area contributed by atoms with Gasteiger partial charge in [-0.15, -0.1) is 12.4 Å². The maximum atomic E-state index is 5.55. The van der Waals surface area contributed by atoms with Gasteiger partial charge in [-0.1, -0.05) is 25.4 Å². The Kier molecular flexibility index (Phi) is 3.73. The topological polar surface area (TPSA) is 64.9 Å². The summed E-state index contributed by atoms with van der Waals surface area (Å²) in [6.45, 7) is 4.76. The Balaban J connectivity index is 0.00000112. The highest BCUT2D eigenvalue weighted by Gasteiger charge is 2.39. The van der Waals surface area contributed by atoms with Crippen LogP contribution in [0.15, 0.2) is 4.52 Å². The van der Waals surface area contributed by atoms with Gasteiger partial charge >= 0.3 is 0 Å². The molecule has 1 saturated carbocycles. The Labute approximate surface area is 96.0 Å². The van der Waals surface area contributed by atoms with Crippen LogP contribution in [0.1, 0.15) is 50.7 Å².